The molecule has 2 nitrogen and oxygen atoms in total. The van der Waals surface area contributed by atoms with E-state index in [0.29, 0.717) is 5.57 Å². The lowest BCUT2D eigenvalue weighted by atomic mass is 10.1. The van der Waals surface area contributed by atoms with E-state index in [1.165, 1.54) is 7.11 Å². The second-order valence-corrected chi connectivity index (χ2v) is 1.99. The van der Waals surface area contributed by atoms with Crippen molar-refractivity contribution < 1.29 is 9.53 Å². The number of hydrogen-bond acceptors (Lipinski definition) is 2. The fourth-order valence-corrected chi connectivity index (χ4v) is 0.778. The molecule has 10 heavy (non-hydrogen) atoms. The van der Waals surface area contributed by atoms with Gasteiger partial charge in [0.1, 0.15) is 0 Å². The Kier molecular flexibility index (Phi) is 2.26. The van der Waals surface area contributed by atoms with E-state index in [4.69, 9.17) is 0 Å². The smallest absolute Gasteiger partial charge is 0.337 e. The molecule has 1 radical (unpaired) electrons. The van der Waals surface area contributed by atoms with Gasteiger partial charge in [0, 0.05) is 0 Å². The molecule has 0 fully saturated rings. The summed E-state index contributed by atoms with van der Waals surface area (Å²) in [5.41, 5.74) is 0.619. The Morgan fingerprint density at radius 3 is 3.00 bits per heavy atom. The van der Waals surface area contributed by atoms with Crippen molar-refractivity contribution in [2.24, 2.45) is 0 Å². The second kappa shape index (κ2) is 3.20. The molecule has 0 aromatic carbocycles. The molecule has 0 saturated heterocycles. The molecule has 2 heteroatoms. The first kappa shape index (κ1) is 7.06. The van der Waals surface area contributed by atoms with E-state index in [1.54, 1.807) is 12.2 Å². The Labute approximate surface area is 60.2 Å². The summed E-state index contributed by atoms with van der Waals surface area (Å²) in [4.78, 5) is 10.8. The van der Waals surface area contributed by atoms with E-state index in [-0.39, 0.29) is 5.97 Å². The van der Waals surface area contributed by atoms with Crippen LogP contribution in [0.5, 0.6) is 0 Å². The average molecular weight is 137 g/mol. The highest BCUT2D eigenvalue weighted by molar-refractivity contribution is 5.91. The number of rotatable bonds is 1. The van der Waals surface area contributed by atoms with Crippen LogP contribution in [0.1, 0.15) is 6.42 Å². The molecule has 0 unspecified atom stereocenters. The zero-order chi connectivity index (χ0) is 7.40. The molecule has 0 aromatic rings. The van der Waals surface area contributed by atoms with Crippen LogP contribution in [0.3, 0.4) is 0 Å². The number of methoxy groups -OCH3 is 1. The SMILES string of the molecule is COC(=O)C1=C[CH]CC=C1. The summed E-state index contributed by atoms with van der Waals surface area (Å²) >= 11 is 0. The van der Waals surface area contributed by atoms with Crippen molar-refractivity contribution in [1.29, 1.82) is 0 Å². The van der Waals surface area contributed by atoms with Crippen molar-refractivity contribution in [3.63, 3.8) is 0 Å². The Hall–Kier alpha value is -1.05. The summed E-state index contributed by atoms with van der Waals surface area (Å²) in [6.07, 6.45) is 8.29. The number of carbonyl (C=O) groups excluding carboxylic acids is 1. The molecular formula is C8H9O2. The van der Waals surface area contributed by atoms with Gasteiger partial charge in [0.2, 0.25) is 0 Å². The molecule has 1 rings (SSSR count). The maximum atomic E-state index is 10.8. The van der Waals surface area contributed by atoms with Gasteiger partial charge >= 0.3 is 5.97 Å². The lowest BCUT2D eigenvalue weighted by Gasteiger charge is -2.02. The monoisotopic (exact) mass is 137 g/mol. The fraction of sp³-hybridized carbons (Fsp3) is 0.250. The van der Waals surface area contributed by atoms with Gasteiger partial charge in [0.25, 0.3) is 0 Å². The van der Waals surface area contributed by atoms with E-state index in [9.17, 15) is 4.79 Å². The molecule has 0 aliphatic heterocycles. The van der Waals surface area contributed by atoms with Crippen LogP contribution >= 0.6 is 0 Å². The van der Waals surface area contributed by atoms with Crippen LogP contribution in [0.25, 0.3) is 0 Å². The topological polar surface area (TPSA) is 26.3 Å². The van der Waals surface area contributed by atoms with Crippen LogP contribution in [0.15, 0.2) is 23.8 Å². The zero-order valence-electron chi connectivity index (χ0n) is 5.83. The van der Waals surface area contributed by atoms with Gasteiger partial charge in [-0.2, -0.15) is 0 Å². The maximum absolute atomic E-state index is 10.8. The summed E-state index contributed by atoms with van der Waals surface area (Å²) < 4.78 is 4.51. The first-order chi connectivity index (χ1) is 4.84. The molecule has 0 atom stereocenters. The molecule has 0 aromatic heterocycles. The number of allylic oxidation sites excluding steroid dienone is 2. The Balaban J connectivity index is 2.63. The summed E-state index contributed by atoms with van der Waals surface area (Å²) in [7, 11) is 1.38. The molecule has 0 N–H and O–H groups in total. The molecule has 0 amide bonds. The number of carbonyl (C=O) groups is 1. The van der Waals surface area contributed by atoms with E-state index in [0.717, 1.165) is 6.42 Å². The predicted octanol–water partition coefficient (Wildman–Crippen LogP) is 1.25. The minimum Gasteiger partial charge on any atom is -0.465 e. The van der Waals surface area contributed by atoms with E-state index >= 15 is 0 Å². The minimum absolute atomic E-state index is 0.271. The average Bonchev–Trinajstić information content (AvgIpc) is 2.05. The van der Waals surface area contributed by atoms with Crippen molar-refractivity contribution in [2.45, 2.75) is 6.42 Å². The van der Waals surface area contributed by atoms with Crippen molar-refractivity contribution in [1.82, 2.24) is 0 Å². The highest BCUT2D eigenvalue weighted by Crippen LogP contribution is 2.09. The third-order valence-electron chi connectivity index (χ3n) is 1.29. The maximum Gasteiger partial charge on any atom is 0.337 e. The zero-order valence-corrected chi connectivity index (χ0v) is 5.83. The Bertz CT molecular complexity index is 189. The Morgan fingerprint density at radius 1 is 1.70 bits per heavy atom. The highest BCUT2D eigenvalue weighted by atomic mass is 16.5. The van der Waals surface area contributed by atoms with Gasteiger partial charge in [-0.1, -0.05) is 18.2 Å². The summed E-state index contributed by atoms with van der Waals surface area (Å²) in [6, 6.07) is 0. The van der Waals surface area contributed by atoms with Crippen molar-refractivity contribution in [2.75, 3.05) is 7.11 Å². The predicted molar refractivity (Wildman–Crippen MR) is 38.2 cm³/mol. The van der Waals surface area contributed by atoms with Crippen molar-refractivity contribution in [3.8, 4) is 0 Å². The van der Waals surface area contributed by atoms with E-state index in [1.807, 2.05) is 12.5 Å². The van der Waals surface area contributed by atoms with Crippen LogP contribution < -0.4 is 0 Å². The van der Waals surface area contributed by atoms with Gasteiger partial charge in [-0.3, -0.25) is 0 Å². The quantitative estimate of drug-likeness (QED) is 0.508. The Morgan fingerprint density at radius 2 is 2.50 bits per heavy atom. The summed E-state index contributed by atoms with van der Waals surface area (Å²) in [5.74, 6) is -0.271. The van der Waals surface area contributed by atoms with Gasteiger partial charge in [0.15, 0.2) is 0 Å². The molecule has 0 bridgehead atoms. The lowest BCUT2D eigenvalue weighted by molar-refractivity contribution is -0.135. The summed E-state index contributed by atoms with van der Waals surface area (Å²) in [6.45, 7) is 0. The third-order valence-corrected chi connectivity index (χ3v) is 1.29. The van der Waals surface area contributed by atoms with Gasteiger partial charge in [0.05, 0.1) is 12.7 Å². The largest absolute Gasteiger partial charge is 0.465 e. The fourth-order valence-electron chi connectivity index (χ4n) is 0.778. The molecule has 1 aliphatic carbocycles. The normalized spacial score (nSPS) is 16.3. The number of ether oxygens (including phenoxy) is 1. The number of hydrogen-bond donors (Lipinski definition) is 0. The van der Waals surface area contributed by atoms with Crippen LogP contribution in [-0.4, -0.2) is 13.1 Å². The second-order valence-electron chi connectivity index (χ2n) is 1.99. The molecule has 0 saturated carbocycles. The van der Waals surface area contributed by atoms with E-state index < -0.39 is 0 Å². The third kappa shape index (κ3) is 1.47. The lowest BCUT2D eigenvalue weighted by Crippen LogP contribution is -2.03. The standard InChI is InChI=1S/C8H9O2/c1-10-8(9)7-5-3-2-4-6-7/h3-6H,2H2,1H3. The van der Waals surface area contributed by atoms with Gasteiger partial charge in [-0.15, -0.1) is 0 Å². The summed E-state index contributed by atoms with van der Waals surface area (Å²) in [5, 5.41) is 0. The van der Waals surface area contributed by atoms with Crippen molar-refractivity contribution in [3.05, 3.63) is 30.2 Å². The molecule has 0 heterocycles. The van der Waals surface area contributed by atoms with E-state index in [2.05, 4.69) is 4.74 Å². The van der Waals surface area contributed by atoms with Crippen LogP contribution in [-0.2, 0) is 9.53 Å². The molecule has 53 valence electrons. The minimum atomic E-state index is -0.271. The first-order valence-corrected chi connectivity index (χ1v) is 3.13. The van der Waals surface area contributed by atoms with Crippen LogP contribution in [0, 0.1) is 6.42 Å². The van der Waals surface area contributed by atoms with Gasteiger partial charge in [-0.05, 0) is 12.8 Å². The highest BCUT2D eigenvalue weighted by Gasteiger charge is 2.06. The number of esters is 1. The van der Waals surface area contributed by atoms with Crippen LogP contribution in [0.2, 0.25) is 0 Å². The molecule has 0 spiro atoms. The van der Waals surface area contributed by atoms with Gasteiger partial charge < -0.3 is 4.74 Å². The molecular weight excluding hydrogens is 128 g/mol. The van der Waals surface area contributed by atoms with Crippen molar-refractivity contribution >= 4 is 5.97 Å². The van der Waals surface area contributed by atoms with Gasteiger partial charge in [-0.25, -0.2) is 4.79 Å². The first-order valence-electron chi connectivity index (χ1n) is 3.13. The molecule has 1 aliphatic rings. The van der Waals surface area contributed by atoms with Crippen LogP contribution in [0.4, 0.5) is 0 Å².